The van der Waals surface area contributed by atoms with E-state index in [1.807, 2.05) is 0 Å². The van der Waals surface area contributed by atoms with Gasteiger partial charge < -0.3 is 9.30 Å². The lowest BCUT2D eigenvalue weighted by Gasteiger charge is -2.18. The summed E-state index contributed by atoms with van der Waals surface area (Å²) in [5.41, 5.74) is 0. The highest BCUT2D eigenvalue weighted by Gasteiger charge is 2.32. The van der Waals surface area contributed by atoms with Crippen LogP contribution in [-0.2, 0) is 23.0 Å². The Morgan fingerprint density at radius 3 is 2.77 bits per heavy atom. The van der Waals surface area contributed by atoms with E-state index < -0.39 is 10.0 Å². The minimum atomic E-state index is -3.73. The largest absolute Gasteiger partial charge is 0.495 e. The highest BCUT2D eigenvalue weighted by molar-refractivity contribution is 7.89. The van der Waals surface area contributed by atoms with Crippen molar-refractivity contribution in [1.82, 2.24) is 19.5 Å². The monoisotopic (exact) mass is 396 g/mol. The number of halogens is 1. The standard InChI is InChI=1S/C17H21ClN4O3S/c1-25-14-6-4-12(18)10-15(14)26(23,24)21-13-5-7-16-19-20-17(11-2-3-11)22(16)9-8-13/h4,6,10-11,13,21H,2-3,5,7-9H2,1H3. The molecule has 2 heterocycles. The molecule has 1 fully saturated rings. The number of aromatic nitrogens is 3. The predicted octanol–water partition coefficient (Wildman–Crippen LogP) is 2.50. The maximum absolute atomic E-state index is 12.9. The lowest BCUT2D eigenvalue weighted by Crippen LogP contribution is -2.35. The highest BCUT2D eigenvalue weighted by Crippen LogP contribution is 2.39. The molecule has 1 aromatic heterocycles. The van der Waals surface area contributed by atoms with Crippen LogP contribution in [-0.4, -0.2) is 36.3 Å². The third kappa shape index (κ3) is 3.45. The van der Waals surface area contributed by atoms with Crippen molar-refractivity contribution in [3.63, 3.8) is 0 Å². The van der Waals surface area contributed by atoms with E-state index in [9.17, 15) is 8.42 Å². The minimum absolute atomic E-state index is 0.0646. The summed E-state index contributed by atoms with van der Waals surface area (Å²) in [7, 11) is -2.29. The van der Waals surface area contributed by atoms with Gasteiger partial charge in [-0.1, -0.05) is 11.6 Å². The number of nitrogens with zero attached hydrogens (tertiary/aromatic N) is 3. The van der Waals surface area contributed by atoms with E-state index in [1.165, 1.54) is 26.0 Å². The van der Waals surface area contributed by atoms with Gasteiger partial charge in [0.05, 0.1) is 7.11 Å². The highest BCUT2D eigenvalue weighted by atomic mass is 35.5. The fraction of sp³-hybridized carbons (Fsp3) is 0.529. The van der Waals surface area contributed by atoms with E-state index in [1.54, 1.807) is 12.1 Å². The van der Waals surface area contributed by atoms with Crippen LogP contribution in [0, 0.1) is 0 Å². The zero-order valence-electron chi connectivity index (χ0n) is 14.5. The van der Waals surface area contributed by atoms with Crippen LogP contribution < -0.4 is 9.46 Å². The molecule has 0 saturated heterocycles. The topological polar surface area (TPSA) is 86.1 Å². The number of ether oxygens (including phenoxy) is 1. The zero-order chi connectivity index (χ0) is 18.3. The summed E-state index contributed by atoms with van der Waals surface area (Å²) in [5.74, 6) is 2.82. The lowest BCUT2D eigenvalue weighted by molar-refractivity contribution is 0.401. The molecule has 1 atom stereocenters. The van der Waals surface area contributed by atoms with E-state index in [0.29, 0.717) is 30.2 Å². The molecule has 1 aromatic carbocycles. The first-order chi connectivity index (χ1) is 12.5. The average molecular weight is 397 g/mol. The summed E-state index contributed by atoms with van der Waals surface area (Å²) in [5, 5.41) is 8.98. The number of rotatable bonds is 5. The van der Waals surface area contributed by atoms with Crippen molar-refractivity contribution >= 4 is 21.6 Å². The molecule has 0 bridgehead atoms. The maximum Gasteiger partial charge on any atom is 0.244 e. The van der Waals surface area contributed by atoms with Crippen molar-refractivity contribution in [2.24, 2.45) is 0 Å². The van der Waals surface area contributed by atoms with Gasteiger partial charge in [0, 0.05) is 29.9 Å². The van der Waals surface area contributed by atoms with Crippen molar-refractivity contribution in [2.75, 3.05) is 7.11 Å². The van der Waals surface area contributed by atoms with Gasteiger partial charge in [0.2, 0.25) is 10.0 Å². The smallest absolute Gasteiger partial charge is 0.244 e. The van der Waals surface area contributed by atoms with Gasteiger partial charge in [-0.05, 0) is 43.9 Å². The van der Waals surface area contributed by atoms with Crippen LogP contribution >= 0.6 is 11.6 Å². The Morgan fingerprint density at radius 1 is 1.23 bits per heavy atom. The summed E-state index contributed by atoms with van der Waals surface area (Å²) in [6, 6.07) is 4.42. The Kier molecular flexibility index (Phi) is 4.66. The van der Waals surface area contributed by atoms with Crippen LogP contribution in [0.1, 0.15) is 43.3 Å². The molecule has 0 radical (unpaired) electrons. The molecule has 1 aliphatic carbocycles. The Bertz CT molecular complexity index is 924. The number of methoxy groups -OCH3 is 1. The number of aryl methyl sites for hydroxylation is 1. The summed E-state index contributed by atoms with van der Waals surface area (Å²) < 4.78 is 35.9. The zero-order valence-corrected chi connectivity index (χ0v) is 16.1. The molecule has 1 unspecified atom stereocenters. The van der Waals surface area contributed by atoms with E-state index in [2.05, 4.69) is 19.5 Å². The van der Waals surface area contributed by atoms with Gasteiger partial charge in [-0.15, -0.1) is 10.2 Å². The van der Waals surface area contributed by atoms with Crippen LogP contribution in [0.5, 0.6) is 5.75 Å². The normalized spacial score (nSPS) is 20.5. The van der Waals surface area contributed by atoms with Crippen molar-refractivity contribution in [3.05, 3.63) is 34.9 Å². The minimum Gasteiger partial charge on any atom is -0.495 e. The number of benzene rings is 1. The fourth-order valence-corrected chi connectivity index (χ4v) is 5.15. The van der Waals surface area contributed by atoms with Crippen molar-refractivity contribution < 1.29 is 13.2 Å². The molecular weight excluding hydrogens is 376 g/mol. The molecule has 140 valence electrons. The quantitative estimate of drug-likeness (QED) is 0.839. The Balaban J connectivity index is 1.52. The van der Waals surface area contributed by atoms with Crippen LogP contribution in [0.25, 0.3) is 0 Å². The second-order valence-electron chi connectivity index (χ2n) is 6.84. The summed E-state index contributed by atoms with van der Waals surface area (Å²) in [4.78, 5) is 0.0646. The molecule has 9 heteroatoms. The van der Waals surface area contributed by atoms with Crippen LogP contribution in [0.4, 0.5) is 0 Å². The van der Waals surface area contributed by atoms with Gasteiger partial charge in [0.25, 0.3) is 0 Å². The first kappa shape index (κ1) is 17.8. The van der Waals surface area contributed by atoms with E-state index in [4.69, 9.17) is 16.3 Å². The molecule has 7 nitrogen and oxygen atoms in total. The molecule has 0 spiro atoms. The van der Waals surface area contributed by atoms with Gasteiger partial charge in [0.15, 0.2) is 0 Å². The van der Waals surface area contributed by atoms with E-state index in [-0.39, 0.29) is 16.7 Å². The van der Waals surface area contributed by atoms with Crippen LogP contribution in [0.15, 0.2) is 23.1 Å². The Labute approximate surface area is 157 Å². The SMILES string of the molecule is COc1ccc(Cl)cc1S(=O)(=O)NC1CCc2nnc(C3CC3)n2CC1. The van der Waals surface area contributed by atoms with E-state index in [0.717, 1.165) is 18.2 Å². The molecule has 2 aliphatic rings. The van der Waals surface area contributed by atoms with Gasteiger partial charge in [0.1, 0.15) is 22.3 Å². The fourth-order valence-electron chi connectivity index (χ4n) is 3.42. The molecule has 4 rings (SSSR count). The summed E-state index contributed by atoms with van der Waals surface area (Å²) in [6.07, 6.45) is 4.43. The number of hydrogen-bond donors (Lipinski definition) is 1. The van der Waals surface area contributed by atoms with Gasteiger partial charge >= 0.3 is 0 Å². The molecule has 1 saturated carbocycles. The van der Waals surface area contributed by atoms with Gasteiger partial charge in [-0.2, -0.15) is 0 Å². The third-order valence-corrected chi connectivity index (χ3v) is 6.73. The lowest BCUT2D eigenvalue weighted by atomic mass is 10.1. The summed E-state index contributed by atoms with van der Waals surface area (Å²) in [6.45, 7) is 0.730. The number of sulfonamides is 1. The van der Waals surface area contributed by atoms with Gasteiger partial charge in [-0.3, -0.25) is 0 Å². The maximum atomic E-state index is 12.9. The molecule has 26 heavy (non-hydrogen) atoms. The first-order valence-electron chi connectivity index (χ1n) is 8.76. The van der Waals surface area contributed by atoms with E-state index >= 15 is 0 Å². The Hall–Kier alpha value is -1.64. The predicted molar refractivity (Wildman–Crippen MR) is 97.0 cm³/mol. The molecule has 1 N–H and O–H groups in total. The van der Waals surface area contributed by atoms with Crippen molar-refractivity contribution in [3.8, 4) is 5.75 Å². The van der Waals surface area contributed by atoms with Crippen molar-refractivity contribution in [2.45, 2.75) is 55.5 Å². The molecule has 1 aliphatic heterocycles. The summed E-state index contributed by atoms with van der Waals surface area (Å²) >= 11 is 5.98. The molecular formula is C17H21ClN4O3S. The number of fused-ring (bicyclic) bond motifs is 1. The molecule has 0 amide bonds. The van der Waals surface area contributed by atoms with Crippen LogP contribution in [0.3, 0.4) is 0 Å². The number of nitrogens with one attached hydrogen (secondary N) is 1. The molecule has 2 aromatic rings. The van der Waals surface area contributed by atoms with Crippen molar-refractivity contribution in [1.29, 1.82) is 0 Å². The first-order valence-corrected chi connectivity index (χ1v) is 10.6. The Morgan fingerprint density at radius 2 is 2.04 bits per heavy atom. The average Bonchev–Trinajstić information content (AvgIpc) is 3.41. The third-order valence-electron chi connectivity index (χ3n) is 4.95. The number of hydrogen-bond acceptors (Lipinski definition) is 5. The second kappa shape index (κ2) is 6.83. The van der Waals surface area contributed by atoms with Crippen LogP contribution in [0.2, 0.25) is 5.02 Å². The van der Waals surface area contributed by atoms with Gasteiger partial charge in [-0.25, -0.2) is 13.1 Å². The second-order valence-corrected chi connectivity index (χ2v) is 8.96.